The van der Waals surface area contributed by atoms with Gasteiger partial charge in [0.25, 0.3) is 0 Å². The first kappa shape index (κ1) is 19.0. The van der Waals surface area contributed by atoms with Gasteiger partial charge in [-0.05, 0) is 37.0 Å². The average molecular weight is 374 g/mol. The lowest BCUT2D eigenvalue weighted by Crippen LogP contribution is -2.49. The Balaban J connectivity index is 0.00000220. The van der Waals surface area contributed by atoms with E-state index < -0.39 is 10.0 Å². The summed E-state index contributed by atoms with van der Waals surface area (Å²) in [7, 11) is -3.58. The predicted molar refractivity (Wildman–Crippen MR) is 88.8 cm³/mol. The van der Waals surface area contributed by atoms with Crippen molar-refractivity contribution in [2.45, 2.75) is 30.7 Å². The summed E-state index contributed by atoms with van der Waals surface area (Å²) in [4.78, 5) is 0.167. The maximum Gasteiger partial charge on any atom is 0.243 e. The molecule has 0 spiro atoms. The molecule has 1 aliphatic rings. The molecule has 2 rings (SSSR count). The van der Waals surface area contributed by atoms with E-state index in [0.29, 0.717) is 24.0 Å². The number of sulfonamides is 1. The maximum atomic E-state index is 12.7. The molecule has 0 aliphatic carbocycles. The summed E-state index contributed by atoms with van der Waals surface area (Å²) < 4.78 is 26.9. The number of rotatable bonds is 3. The van der Waals surface area contributed by atoms with E-state index in [1.807, 2.05) is 0 Å². The van der Waals surface area contributed by atoms with Crippen LogP contribution in [0.15, 0.2) is 23.1 Å². The first-order valence-corrected chi connectivity index (χ1v) is 8.73. The van der Waals surface area contributed by atoms with E-state index >= 15 is 0 Å². The quantitative estimate of drug-likeness (QED) is 0.885. The van der Waals surface area contributed by atoms with Crippen LogP contribution in [0.1, 0.15) is 19.8 Å². The molecule has 1 fully saturated rings. The van der Waals surface area contributed by atoms with Gasteiger partial charge in [0.05, 0.1) is 14.9 Å². The van der Waals surface area contributed by atoms with Crippen LogP contribution >= 0.6 is 35.6 Å². The second-order valence-corrected chi connectivity index (χ2v) is 7.92. The van der Waals surface area contributed by atoms with E-state index in [9.17, 15) is 8.42 Å². The van der Waals surface area contributed by atoms with Gasteiger partial charge in [-0.15, -0.1) is 12.4 Å². The van der Waals surface area contributed by atoms with E-state index in [1.165, 1.54) is 22.5 Å². The topological polar surface area (TPSA) is 63.4 Å². The smallest absolute Gasteiger partial charge is 0.243 e. The van der Waals surface area contributed by atoms with Gasteiger partial charge < -0.3 is 5.73 Å². The molecule has 0 bridgehead atoms. The molecule has 0 radical (unpaired) electrons. The van der Waals surface area contributed by atoms with E-state index in [0.717, 1.165) is 12.8 Å². The molecule has 2 unspecified atom stereocenters. The number of halogens is 3. The highest BCUT2D eigenvalue weighted by molar-refractivity contribution is 7.89. The molecule has 21 heavy (non-hydrogen) atoms. The maximum absolute atomic E-state index is 12.7. The predicted octanol–water partition coefficient (Wildman–Crippen LogP) is 3.16. The normalized spacial score (nSPS) is 23.6. The van der Waals surface area contributed by atoms with Gasteiger partial charge >= 0.3 is 0 Å². The van der Waals surface area contributed by atoms with Crippen LogP contribution in [0.5, 0.6) is 0 Å². The van der Waals surface area contributed by atoms with Crippen molar-refractivity contribution < 1.29 is 8.42 Å². The Morgan fingerprint density at radius 3 is 2.57 bits per heavy atom. The Hall–Kier alpha value is -0.0400. The van der Waals surface area contributed by atoms with Crippen molar-refractivity contribution in [2.24, 2.45) is 11.7 Å². The molecule has 1 aromatic carbocycles. The summed E-state index contributed by atoms with van der Waals surface area (Å²) in [6.07, 6.45) is 1.63. The van der Waals surface area contributed by atoms with Gasteiger partial charge in [-0.3, -0.25) is 0 Å². The highest BCUT2D eigenvalue weighted by atomic mass is 35.5. The second kappa shape index (κ2) is 7.49. The average Bonchev–Trinajstić information content (AvgIpc) is 2.41. The molecule has 2 atom stereocenters. The number of nitrogens with two attached hydrogens (primary N) is 1. The molecule has 0 aromatic heterocycles. The summed E-state index contributed by atoms with van der Waals surface area (Å²) in [5, 5.41) is 0.579. The third-order valence-corrected chi connectivity index (χ3v) is 6.38. The van der Waals surface area contributed by atoms with Gasteiger partial charge in [0.1, 0.15) is 0 Å². The van der Waals surface area contributed by atoms with E-state index in [4.69, 9.17) is 28.9 Å². The van der Waals surface area contributed by atoms with Crippen LogP contribution in [-0.4, -0.2) is 31.9 Å². The zero-order chi connectivity index (χ0) is 14.9. The van der Waals surface area contributed by atoms with Crippen LogP contribution in [0.4, 0.5) is 0 Å². The molecule has 1 aliphatic heterocycles. The Morgan fingerprint density at radius 2 is 2.00 bits per heavy atom. The number of piperidine rings is 1. The third kappa shape index (κ3) is 4.03. The lowest BCUT2D eigenvalue weighted by Gasteiger charge is -2.36. The van der Waals surface area contributed by atoms with Crippen molar-refractivity contribution in [3.05, 3.63) is 28.2 Å². The van der Waals surface area contributed by atoms with Crippen LogP contribution in [0.25, 0.3) is 0 Å². The monoisotopic (exact) mass is 372 g/mol. The lowest BCUT2D eigenvalue weighted by molar-refractivity contribution is 0.211. The number of benzene rings is 1. The molecule has 2 N–H and O–H groups in total. The second-order valence-electron chi connectivity index (χ2n) is 5.21. The van der Waals surface area contributed by atoms with Crippen LogP contribution in [0, 0.1) is 5.92 Å². The fourth-order valence-electron chi connectivity index (χ4n) is 2.53. The first-order chi connectivity index (χ1) is 9.36. The van der Waals surface area contributed by atoms with Gasteiger partial charge in [-0.2, -0.15) is 4.31 Å². The molecule has 120 valence electrons. The lowest BCUT2D eigenvalue weighted by atomic mass is 9.94. The first-order valence-electron chi connectivity index (χ1n) is 6.53. The molecule has 8 heteroatoms. The minimum absolute atomic E-state index is 0. The van der Waals surface area contributed by atoms with E-state index in [-0.39, 0.29) is 28.4 Å². The fraction of sp³-hybridized carbons (Fsp3) is 0.538. The van der Waals surface area contributed by atoms with Gasteiger partial charge in [0.15, 0.2) is 0 Å². The number of nitrogens with zero attached hydrogens (tertiary/aromatic N) is 1. The largest absolute Gasteiger partial charge is 0.329 e. The van der Waals surface area contributed by atoms with Gasteiger partial charge in [-0.1, -0.05) is 30.1 Å². The zero-order valence-corrected chi connectivity index (χ0v) is 14.8. The molecule has 1 saturated heterocycles. The van der Waals surface area contributed by atoms with E-state index in [1.54, 1.807) is 0 Å². The minimum atomic E-state index is -3.58. The number of hydrogen-bond donors (Lipinski definition) is 1. The van der Waals surface area contributed by atoms with E-state index in [2.05, 4.69) is 6.92 Å². The van der Waals surface area contributed by atoms with Crippen molar-refractivity contribution in [2.75, 3.05) is 13.1 Å². The molecule has 0 amide bonds. The Bertz CT molecular complexity index is 595. The molecule has 1 heterocycles. The van der Waals surface area contributed by atoms with Crippen LogP contribution < -0.4 is 5.73 Å². The van der Waals surface area contributed by atoms with Crippen molar-refractivity contribution in [1.29, 1.82) is 0 Å². The number of hydrogen-bond acceptors (Lipinski definition) is 3. The summed E-state index contributed by atoms with van der Waals surface area (Å²) in [6.45, 7) is 2.93. The van der Waals surface area contributed by atoms with Crippen molar-refractivity contribution in [1.82, 2.24) is 4.31 Å². The van der Waals surface area contributed by atoms with Crippen LogP contribution in [0.2, 0.25) is 10.0 Å². The summed E-state index contributed by atoms with van der Waals surface area (Å²) in [5.74, 6) is 0.490. The summed E-state index contributed by atoms with van der Waals surface area (Å²) in [5.41, 5.74) is 5.73. The van der Waals surface area contributed by atoms with Crippen molar-refractivity contribution in [3.8, 4) is 0 Å². The Kier molecular flexibility index (Phi) is 6.78. The Morgan fingerprint density at radius 1 is 1.33 bits per heavy atom. The third-order valence-electron chi connectivity index (χ3n) is 3.69. The Labute approximate surface area is 142 Å². The van der Waals surface area contributed by atoms with Crippen molar-refractivity contribution in [3.63, 3.8) is 0 Å². The van der Waals surface area contributed by atoms with Crippen LogP contribution in [0.3, 0.4) is 0 Å². The minimum Gasteiger partial charge on any atom is -0.329 e. The van der Waals surface area contributed by atoms with Gasteiger partial charge in [0, 0.05) is 19.1 Å². The molecule has 4 nitrogen and oxygen atoms in total. The summed E-state index contributed by atoms with van der Waals surface area (Å²) >= 11 is 11.7. The highest BCUT2D eigenvalue weighted by Crippen LogP contribution is 2.31. The standard InChI is InChI=1S/C13H18Cl2N2O2S.ClH/c1-9-4-5-17(10(6-9)8-16)20(18,19)11-2-3-12(14)13(15)7-11;/h2-3,7,9-10H,4-6,8,16H2,1H3;1H. The molecular weight excluding hydrogens is 355 g/mol. The SMILES string of the molecule is CC1CCN(S(=O)(=O)c2ccc(Cl)c(Cl)c2)C(CN)C1.Cl. The van der Waals surface area contributed by atoms with Gasteiger partial charge in [0.2, 0.25) is 10.0 Å². The molecular formula is C13H19Cl3N2O2S. The summed E-state index contributed by atoms with van der Waals surface area (Å²) in [6, 6.07) is 4.22. The zero-order valence-electron chi connectivity index (χ0n) is 11.6. The fourth-order valence-corrected chi connectivity index (χ4v) is 4.58. The van der Waals surface area contributed by atoms with Gasteiger partial charge in [-0.25, -0.2) is 8.42 Å². The highest BCUT2D eigenvalue weighted by Gasteiger charge is 2.35. The molecule has 0 saturated carbocycles. The molecule has 1 aromatic rings. The van der Waals surface area contributed by atoms with Crippen molar-refractivity contribution >= 4 is 45.6 Å². The van der Waals surface area contributed by atoms with Crippen LogP contribution in [-0.2, 0) is 10.0 Å².